The van der Waals surface area contributed by atoms with E-state index >= 15 is 0 Å². The fourth-order valence-corrected chi connectivity index (χ4v) is 2.82. The first-order valence-electron chi connectivity index (χ1n) is 7.13. The van der Waals surface area contributed by atoms with Gasteiger partial charge in [0.15, 0.2) is 0 Å². The molecule has 110 valence electrons. The van der Waals surface area contributed by atoms with Crippen LogP contribution in [0.4, 0.5) is 15.8 Å². The van der Waals surface area contributed by atoms with Gasteiger partial charge in [0.25, 0.3) is 0 Å². The van der Waals surface area contributed by atoms with Gasteiger partial charge in [0, 0.05) is 12.2 Å². The molecule has 2 aromatic rings. The highest BCUT2D eigenvalue weighted by atomic mass is 35.5. The van der Waals surface area contributed by atoms with Crippen LogP contribution in [-0.2, 0) is 13.0 Å². The standard InChI is InChI=1S/C16H17ClFN3/c17-14-6-7-15-13(3-1-2-8-19-15)16(14)21-10-12-5-4-11(18)9-20-12/h4-7,9,19,21H,1-3,8,10H2. The summed E-state index contributed by atoms with van der Waals surface area (Å²) in [7, 11) is 0. The number of hydrogen-bond acceptors (Lipinski definition) is 3. The average Bonchev–Trinajstić information content (AvgIpc) is 2.73. The lowest BCUT2D eigenvalue weighted by Gasteiger charge is -2.16. The van der Waals surface area contributed by atoms with Crippen molar-refractivity contribution in [2.45, 2.75) is 25.8 Å². The summed E-state index contributed by atoms with van der Waals surface area (Å²) in [5.41, 5.74) is 4.11. The molecule has 0 unspecified atom stereocenters. The van der Waals surface area contributed by atoms with Crippen molar-refractivity contribution < 1.29 is 4.39 Å². The molecule has 2 N–H and O–H groups in total. The van der Waals surface area contributed by atoms with Gasteiger partial charge in [-0.1, -0.05) is 11.6 Å². The number of anilines is 2. The van der Waals surface area contributed by atoms with Gasteiger partial charge < -0.3 is 10.6 Å². The molecule has 0 atom stereocenters. The third-order valence-corrected chi connectivity index (χ3v) is 3.98. The molecule has 1 aliphatic heterocycles. The van der Waals surface area contributed by atoms with Crippen molar-refractivity contribution in [1.82, 2.24) is 4.98 Å². The van der Waals surface area contributed by atoms with E-state index in [2.05, 4.69) is 15.6 Å². The van der Waals surface area contributed by atoms with E-state index < -0.39 is 0 Å². The highest BCUT2D eigenvalue weighted by molar-refractivity contribution is 6.33. The second-order valence-corrected chi connectivity index (χ2v) is 5.56. The number of fused-ring (bicyclic) bond motifs is 1. The summed E-state index contributed by atoms with van der Waals surface area (Å²) in [6.07, 6.45) is 4.53. The van der Waals surface area contributed by atoms with E-state index in [1.165, 1.54) is 17.8 Å². The minimum atomic E-state index is -0.324. The van der Waals surface area contributed by atoms with Crippen LogP contribution in [0.15, 0.2) is 30.5 Å². The van der Waals surface area contributed by atoms with Gasteiger partial charge in [-0.2, -0.15) is 0 Å². The molecule has 0 amide bonds. The predicted octanol–water partition coefficient (Wildman–Crippen LogP) is 4.23. The Morgan fingerprint density at radius 3 is 2.95 bits per heavy atom. The fourth-order valence-electron chi connectivity index (χ4n) is 2.58. The van der Waals surface area contributed by atoms with Gasteiger partial charge in [-0.25, -0.2) is 4.39 Å². The molecule has 0 bridgehead atoms. The highest BCUT2D eigenvalue weighted by Crippen LogP contribution is 2.34. The zero-order valence-electron chi connectivity index (χ0n) is 11.6. The van der Waals surface area contributed by atoms with Crippen LogP contribution in [-0.4, -0.2) is 11.5 Å². The zero-order valence-corrected chi connectivity index (χ0v) is 12.4. The Bertz CT molecular complexity index is 628. The van der Waals surface area contributed by atoms with E-state index in [1.54, 1.807) is 6.07 Å². The van der Waals surface area contributed by atoms with Crippen LogP contribution in [0.1, 0.15) is 24.1 Å². The Labute approximate surface area is 128 Å². The van der Waals surface area contributed by atoms with Crippen molar-refractivity contribution in [3.63, 3.8) is 0 Å². The normalized spacial score (nSPS) is 14.0. The molecule has 1 aromatic heterocycles. The van der Waals surface area contributed by atoms with Crippen molar-refractivity contribution in [2.75, 3.05) is 17.2 Å². The molecule has 3 rings (SSSR count). The molecule has 0 spiro atoms. The maximum Gasteiger partial charge on any atom is 0.141 e. The molecule has 0 saturated carbocycles. The lowest BCUT2D eigenvalue weighted by Crippen LogP contribution is -2.06. The predicted molar refractivity (Wildman–Crippen MR) is 84.4 cm³/mol. The smallest absolute Gasteiger partial charge is 0.141 e. The zero-order chi connectivity index (χ0) is 14.7. The molecule has 1 aromatic carbocycles. The molecule has 0 radical (unpaired) electrons. The summed E-state index contributed by atoms with van der Waals surface area (Å²) in [4.78, 5) is 4.06. The maximum absolute atomic E-state index is 12.9. The van der Waals surface area contributed by atoms with Gasteiger partial charge in [-0.05, 0) is 49.1 Å². The van der Waals surface area contributed by atoms with Crippen molar-refractivity contribution in [1.29, 1.82) is 0 Å². The van der Waals surface area contributed by atoms with Crippen molar-refractivity contribution >= 4 is 23.0 Å². The summed E-state index contributed by atoms with van der Waals surface area (Å²) in [6, 6.07) is 7.03. The third-order valence-electron chi connectivity index (χ3n) is 3.67. The van der Waals surface area contributed by atoms with E-state index in [1.807, 2.05) is 12.1 Å². The molecule has 0 fully saturated rings. The number of aromatic nitrogens is 1. The minimum Gasteiger partial charge on any atom is -0.385 e. The Balaban J connectivity index is 1.82. The largest absolute Gasteiger partial charge is 0.385 e. The minimum absolute atomic E-state index is 0.324. The van der Waals surface area contributed by atoms with Crippen LogP contribution in [0.5, 0.6) is 0 Å². The summed E-state index contributed by atoms with van der Waals surface area (Å²) >= 11 is 6.34. The summed E-state index contributed by atoms with van der Waals surface area (Å²) in [5.74, 6) is -0.324. The maximum atomic E-state index is 12.9. The second-order valence-electron chi connectivity index (χ2n) is 5.15. The first kappa shape index (κ1) is 14.1. The number of rotatable bonds is 3. The summed E-state index contributed by atoms with van der Waals surface area (Å²) < 4.78 is 12.9. The van der Waals surface area contributed by atoms with Crippen LogP contribution >= 0.6 is 11.6 Å². The molecule has 0 saturated heterocycles. The van der Waals surface area contributed by atoms with E-state index in [9.17, 15) is 4.39 Å². The van der Waals surface area contributed by atoms with Crippen LogP contribution in [0.2, 0.25) is 5.02 Å². The van der Waals surface area contributed by atoms with Gasteiger partial charge in [0.1, 0.15) is 5.82 Å². The number of nitrogens with zero attached hydrogens (tertiary/aromatic N) is 1. The molecular formula is C16H17ClFN3. The lowest BCUT2D eigenvalue weighted by atomic mass is 10.1. The molecule has 1 aliphatic rings. The second kappa shape index (κ2) is 6.31. The Morgan fingerprint density at radius 2 is 2.14 bits per heavy atom. The Kier molecular flexibility index (Phi) is 4.25. The Hall–Kier alpha value is -1.81. The molecule has 2 heterocycles. The summed E-state index contributed by atoms with van der Waals surface area (Å²) in [6.45, 7) is 1.52. The van der Waals surface area contributed by atoms with Crippen LogP contribution in [0, 0.1) is 5.82 Å². The van der Waals surface area contributed by atoms with Crippen LogP contribution in [0.3, 0.4) is 0 Å². The molecule has 0 aliphatic carbocycles. The average molecular weight is 306 g/mol. The van der Waals surface area contributed by atoms with Gasteiger partial charge in [-0.3, -0.25) is 4.98 Å². The first-order valence-corrected chi connectivity index (χ1v) is 7.51. The molecule has 21 heavy (non-hydrogen) atoms. The molecule has 3 nitrogen and oxygen atoms in total. The van der Waals surface area contributed by atoms with Gasteiger partial charge in [0.2, 0.25) is 0 Å². The third kappa shape index (κ3) is 3.27. The van der Waals surface area contributed by atoms with E-state index in [0.717, 1.165) is 42.9 Å². The molecular weight excluding hydrogens is 289 g/mol. The number of benzene rings is 1. The van der Waals surface area contributed by atoms with Crippen LogP contribution < -0.4 is 10.6 Å². The number of halogens is 2. The number of hydrogen-bond donors (Lipinski definition) is 2. The number of pyridine rings is 1. The lowest BCUT2D eigenvalue weighted by molar-refractivity contribution is 0.619. The summed E-state index contributed by atoms with van der Waals surface area (Å²) in [5, 5.41) is 7.49. The highest BCUT2D eigenvalue weighted by Gasteiger charge is 2.14. The quantitative estimate of drug-likeness (QED) is 0.891. The van der Waals surface area contributed by atoms with E-state index in [-0.39, 0.29) is 5.82 Å². The first-order chi connectivity index (χ1) is 10.2. The fraction of sp³-hybridized carbons (Fsp3) is 0.312. The van der Waals surface area contributed by atoms with Crippen LogP contribution in [0.25, 0.3) is 0 Å². The number of nitrogens with one attached hydrogen (secondary N) is 2. The van der Waals surface area contributed by atoms with Gasteiger partial charge >= 0.3 is 0 Å². The van der Waals surface area contributed by atoms with Gasteiger partial charge in [0.05, 0.1) is 29.1 Å². The van der Waals surface area contributed by atoms with Crippen molar-refractivity contribution in [2.24, 2.45) is 0 Å². The van der Waals surface area contributed by atoms with E-state index in [0.29, 0.717) is 11.6 Å². The SMILES string of the molecule is Fc1ccc(CNc2c(Cl)ccc3c2CCCCN3)nc1. The Morgan fingerprint density at radius 1 is 1.24 bits per heavy atom. The topological polar surface area (TPSA) is 37.0 Å². The van der Waals surface area contributed by atoms with E-state index in [4.69, 9.17) is 11.6 Å². The van der Waals surface area contributed by atoms with Crippen molar-refractivity contribution in [3.8, 4) is 0 Å². The molecule has 5 heteroatoms. The van der Waals surface area contributed by atoms with Crippen molar-refractivity contribution in [3.05, 3.63) is 52.6 Å². The monoisotopic (exact) mass is 305 g/mol. The van der Waals surface area contributed by atoms with Gasteiger partial charge in [-0.15, -0.1) is 0 Å².